The number of non-ortho nitro benzene ring substituents is 1. The largest absolute Gasteiger partial charge is 0.319 e. The lowest BCUT2D eigenvalue weighted by atomic mass is 10.00. The van der Waals surface area contributed by atoms with E-state index in [9.17, 15) is 18.5 Å². The fourth-order valence-electron chi connectivity index (χ4n) is 2.88. The molecule has 0 amide bonds. The summed E-state index contributed by atoms with van der Waals surface area (Å²) in [4.78, 5) is 10.4. The van der Waals surface area contributed by atoms with Gasteiger partial charge in [0.15, 0.2) is 0 Å². The molecular formula is C14H22ClN3O4S. The Morgan fingerprint density at radius 2 is 2.13 bits per heavy atom. The van der Waals surface area contributed by atoms with Crippen LogP contribution in [0.4, 0.5) is 5.69 Å². The van der Waals surface area contributed by atoms with Crippen molar-refractivity contribution in [2.24, 2.45) is 5.92 Å². The monoisotopic (exact) mass is 363 g/mol. The second-order valence-electron chi connectivity index (χ2n) is 5.64. The molecule has 1 aromatic carbocycles. The number of hydrogen-bond donors (Lipinski definition) is 1. The van der Waals surface area contributed by atoms with Crippen LogP contribution in [0.2, 0.25) is 0 Å². The molecule has 1 N–H and O–H groups in total. The van der Waals surface area contributed by atoms with Crippen molar-refractivity contribution >= 4 is 28.1 Å². The number of nitrogens with one attached hydrogen (secondary N) is 1. The van der Waals surface area contributed by atoms with Crippen LogP contribution >= 0.6 is 12.4 Å². The lowest BCUT2D eigenvalue weighted by Gasteiger charge is -2.32. The highest BCUT2D eigenvalue weighted by atomic mass is 35.5. The first-order valence-corrected chi connectivity index (χ1v) is 8.70. The first-order chi connectivity index (χ1) is 10.4. The van der Waals surface area contributed by atoms with Crippen molar-refractivity contribution in [3.05, 3.63) is 33.9 Å². The fourth-order valence-corrected chi connectivity index (χ4v) is 4.64. The summed E-state index contributed by atoms with van der Waals surface area (Å²) >= 11 is 0. The second-order valence-corrected chi connectivity index (χ2v) is 7.54. The highest BCUT2D eigenvalue weighted by Crippen LogP contribution is 2.27. The van der Waals surface area contributed by atoms with Gasteiger partial charge in [0.2, 0.25) is 10.0 Å². The lowest BCUT2D eigenvalue weighted by molar-refractivity contribution is -0.385. The van der Waals surface area contributed by atoms with Crippen molar-refractivity contribution in [2.75, 3.05) is 26.7 Å². The van der Waals surface area contributed by atoms with Crippen LogP contribution in [0.5, 0.6) is 0 Å². The van der Waals surface area contributed by atoms with Gasteiger partial charge in [-0.25, -0.2) is 8.42 Å². The minimum atomic E-state index is -3.60. The van der Waals surface area contributed by atoms with Crippen molar-refractivity contribution < 1.29 is 13.3 Å². The van der Waals surface area contributed by atoms with E-state index < -0.39 is 14.9 Å². The topological polar surface area (TPSA) is 92.6 Å². The summed E-state index contributed by atoms with van der Waals surface area (Å²) in [6.07, 6.45) is 1.84. The molecule has 0 spiro atoms. The molecule has 23 heavy (non-hydrogen) atoms. The zero-order chi connectivity index (χ0) is 16.3. The van der Waals surface area contributed by atoms with Crippen LogP contribution in [0.3, 0.4) is 0 Å². The van der Waals surface area contributed by atoms with E-state index in [1.54, 1.807) is 6.92 Å². The second kappa shape index (κ2) is 8.05. The number of hydrogen-bond acceptors (Lipinski definition) is 5. The molecule has 1 unspecified atom stereocenters. The van der Waals surface area contributed by atoms with Crippen molar-refractivity contribution in [2.45, 2.75) is 24.7 Å². The molecular weight excluding hydrogens is 342 g/mol. The molecule has 0 radical (unpaired) electrons. The number of rotatable bonds is 5. The minimum absolute atomic E-state index is 0. The van der Waals surface area contributed by atoms with Crippen LogP contribution in [-0.4, -0.2) is 44.3 Å². The summed E-state index contributed by atoms with van der Waals surface area (Å²) in [5.41, 5.74) is 0.313. The van der Waals surface area contributed by atoms with E-state index in [-0.39, 0.29) is 23.0 Å². The van der Waals surface area contributed by atoms with Gasteiger partial charge in [0, 0.05) is 25.2 Å². The molecule has 9 heteroatoms. The Kier molecular flexibility index (Phi) is 6.94. The third-order valence-electron chi connectivity index (χ3n) is 3.96. The average molecular weight is 364 g/mol. The molecule has 7 nitrogen and oxygen atoms in total. The molecule has 1 aromatic rings. The quantitative estimate of drug-likeness (QED) is 0.637. The van der Waals surface area contributed by atoms with Gasteiger partial charge < -0.3 is 5.32 Å². The number of nitrogens with zero attached hydrogens (tertiary/aromatic N) is 2. The number of halogens is 1. The molecule has 1 aliphatic heterocycles. The van der Waals surface area contributed by atoms with Gasteiger partial charge in [-0.2, -0.15) is 4.31 Å². The van der Waals surface area contributed by atoms with E-state index >= 15 is 0 Å². The first kappa shape index (κ1) is 19.8. The predicted octanol–water partition coefficient (Wildman–Crippen LogP) is 1.95. The molecule has 0 saturated carbocycles. The zero-order valence-corrected chi connectivity index (χ0v) is 14.8. The van der Waals surface area contributed by atoms with Crippen molar-refractivity contribution in [1.29, 1.82) is 0 Å². The van der Waals surface area contributed by atoms with Gasteiger partial charge in [0.1, 0.15) is 0 Å². The van der Waals surface area contributed by atoms with Gasteiger partial charge in [-0.05, 0) is 50.9 Å². The summed E-state index contributed by atoms with van der Waals surface area (Å²) in [7, 11) is -1.75. The van der Waals surface area contributed by atoms with Crippen LogP contribution in [0.25, 0.3) is 0 Å². The van der Waals surface area contributed by atoms with Crippen LogP contribution in [0, 0.1) is 23.0 Å². The zero-order valence-electron chi connectivity index (χ0n) is 13.2. The Labute approximate surface area is 142 Å². The Bertz CT molecular complexity index is 664. The standard InChI is InChI=1S/C14H21N3O4S.ClH/c1-11-8-13(17(18)19)5-6-14(11)22(20,21)16-7-3-4-12(10-16)9-15-2;/h5-6,8,12,15H,3-4,7,9-10H2,1-2H3;1H. The Hall–Kier alpha value is -1.22. The van der Waals surface area contributed by atoms with Gasteiger partial charge in [-0.15, -0.1) is 12.4 Å². The van der Waals surface area contributed by atoms with E-state index in [0.29, 0.717) is 24.6 Å². The normalized spacial score (nSPS) is 19.1. The van der Waals surface area contributed by atoms with Gasteiger partial charge in [-0.1, -0.05) is 0 Å². The number of nitro groups is 1. The number of benzene rings is 1. The maximum absolute atomic E-state index is 12.8. The molecule has 1 aliphatic rings. The van der Waals surface area contributed by atoms with Crippen LogP contribution in [0.15, 0.2) is 23.1 Å². The van der Waals surface area contributed by atoms with Crippen molar-refractivity contribution in [3.8, 4) is 0 Å². The summed E-state index contributed by atoms with van der Waals surface area (Å²) in [6, 6.07) is 3.89. The highest BCUT2D eigenvalue weighted by Gasteiger charge is 2.31. The Morgan fingerprint density at radius 1 is 1.43 bits per heavy atom. The van der Waals surface area contributed by atoms with E-state index in [0.717, 1.165) is 19.4 Å². The van der Waals surface area contributed by atoms with Crippen molar-refractivity contribution in [3.63, 3.8) is 0 Å². The summed E-state index contributed by atoms with van der Waals surface area (Å²) in [5, 5.41) is 13.9. The Balaban J connectivity index is 0.00000264. The lowest BCUT2D eigenvalue weighted by Crippen LogP contribution is -2.42. The summed E-state index contributed by atoms with van der Waals surface area (Å²) in [6.45, 7) is 3.36. The van der Waals surface area contributed by atoms with E-state index in [1.165, 1.54) is 22.5 Å². The molecule has 1 fully saturated rings. The van der Waals surface area contributed by atoms with Gasteiger partial charge in [0.05, 0.1) is 9.82 Å². The van der Waals surface area contributed by atoms with Gasteiger partial charge >= 0.3 is 0 Å². The third kappa shape index (κ3) is 4.41. The third-order valence-corrected chi connectivity index (χ3v) is 5.99. The maximum atomic E-state index is 12.8. The minimum Gasteiger partial charge on any atom is -0.319 e. The highest BCUT2D eigenvalue weighted by molar-refractivity contribution is 7.89. The van der Waals surface area contributed by atoms with Crippen LogP contribution in [0.1, 0.15) is 18.4 Å². The number of aryl methyl sites for hydroxylation is 1. The summed E-state index contributed by atoms with van der Waals surface area (Å²) < 4.78 is 27.0. The number of sulfonamides is 1. The number of piperidine rings is 1. The van der Waals surface area contributed by atoms with Crippen LogP contribution < -0.4 is 5.32 Å². The fraction of sp³-hybridized carbons (Fsp3) is 0.571. The van der Waals surface area contributed by atoms with Gasteiger partial charge in [0.25, 0.3) is 5.69 Å². The van der Waals surface area contributed by atoms with Crippen LogP contribution in [-0.2, 0) is 10.0 Å². The molecule has 1 atom stereocenters. The van der Waals surface area contributed by atoms with Crippen molar-refractivity contribution in [1.82, 2.24) is 9.62 Å². The predicted molar refractivity (Wildman–Crippen MR) is 90.5 cm³/mol. The van der Waals surface area contributed by atoms with E-state index in [1.807, 2.05) is 7.05 Å². The molecule has 2 rings (SSSR count). The molecule has 1 heterocycles. The molecule has 0 aromatic heterocycles. The molecule has 0 bridgehead atoms. The summed E-state index contributed by atoms with van der Waals surface area (Å²) in [5.74, 6) is 0.298. The SMILES string of the molecule is CNCC1CCCN(S(=O)(=O)c2ccc([N+](=O)[O-])cc2C)C1.Cl. The van der Waals surface area contributed by atoms with Gasteiger partial charge in [-0.3, -0.25) is 10.1 Å². The first-order valence-electron chi connectivity index (χ1n) is 7.26. The molecule has 1 saturated heterocycles. The maximum Gasteiger partial charge on any atom is 0.269 e. The Morgan fingerprint density at radius 3 is 2.70 bits per heavy atom. The van der Waals surface area contributed by atoms with E-state index in [4.69, 9.17) is 0 Å². The average Bonchev–Trinajstić information content (AvgIpc) is 2.47. The number of nitro benzene ring substituents is 1. The molecule has 130 valence electrons. The molecule has 0 aliphatic carbocycles. The smallest absolute Gasteiger partial charge is 0.269 e. The van der Waals surface area contributed by atoms with E-state index in [2.05, 4.69) is 5.32 Å².